The first-order valence-corrected chi connectivity index (χ1v) is 8.83. The Kier molecular flexibility index (Phi) is 4.55. The van der Waals surface area contributed by atoms with Crippen molar-refractivity contribution in [2.75, 3.05) is 18.9 Å². The molecule has 21 heavy (non-hydrogen) atoms. The van der Waals surface area contributed by atoms with Gasteiger partial charge in [0, 0.05) is 22.6 Å². The van der Waals surface area contributed by atoms with E-state index in [1.54, 1.807) is 11.8 Å². The van der Waals surface area contributed by atoms with E-state index in [2.05, 4.69) is 17.4 Å². The highest BCUT2D eigenvalue weighted by atomic mass is 32.2. The SMILES string of the molecule is O=C(NCC1(CO)CCCCC1)C1CSc2ccccc21. The topological polar surface area (TPSA) is 49.3 Å². The third-order valence-corrected chi connectivity index (χ3v) is 6.09. The van der Waals surface area contributed by atoms with Gasteiger partial charge in [-0.05, 0) is 24.5 Å². The summed E-state index contributed by atoms with van der Waals surface area (Å²) in [5.41, 5.74) is 1.07. The van der Waals surface area contributed by atoms with Gasteiger partial charge in [0.25, 0.3) is 0 Å². The number of hydrogen-bond donors (Lipinski definition) is 2. The van der Waals surface area contributed by atoms with Crippen LogP contribution in [0.1, 0.15) is 43.6 Å². The number of hydrogen-bond acceptors (Lipinski definition) is 3. The minimum atomic E-state index is -0.0842. The van der Waals surface area contributed by atoms with E-state index >= 15 is 0 Å². The monoisotopic (exact) mass is 305 g/mol. The van der Waals surface area contributed by atoms with E-state index in [4.69, 9.17) is 0 Å². The molecule has 1 aliphatic carbocycles. The van der Waals surface area contributed by atoms with Crippen molar-refractivity contribution in [2.45, 2.75) is 42.9 Å². The average Bonchev–Trinajstić information content (AvgIpc) is 2.98. The molecular formula is C17H23NO2S. The summed E-state index contributed by atoms with van der Waals surface area (Å²) in [6.45, 7) is 0.801. The van der Waals surface area contributed by atoms with Crippen LogP contribution in [-0.4, -0.2) is 29.9 Å². The van der Waals surface area contributed by atoms with E-state index < -0.39 is 0 Å². The Morgan fingerprint density at radius 2 is 2.05 bits per heavy atom. The molecule has 2 aliphatic rings. The Morgan fingerprint density at radius 3 is 2.81 bits per heavy atom. The first-order valence-electron chi connectivity index (χ1n) is 7.84. The van der Waals surface area contributed by atoms with Gasteiger partial charge in [0.05, 0.1) is 12.5 Å². The Morgan fingerprint density at radius 1 is 1.29 bits per heavy atom. The molecule has 0 saturated heterocycles. The number of carbonyl (C=O) groups excluding carboxylic acids is 1. The molecule has 1 atom stereocenters. The minimum absolute atomic E-state index is 0.0365. The fourth-order valence-electron chi connectivity index (χ4n) is 3.47. The van der Waals surface area contributed by atoms with Gasteiger partial charge in [-0.15, -0.1) is 11.8 Å². The molecule has 4 heteroatoms. The van der Waals surface area contributed by atoms with E-state index in [-0.39, 0.29) is 23.8 Å². The van der Waals surface area contributed by atoms with Crippen molar-refractivity contribution in [3.63, 3.8) is 0 Å². The van der Waals surface area contributed by atoms with Crippen LogP contribution in [0.2, 0.25) is 0 Å². The van der Waals surface area contributed by atoms with Crippen molar-refractivity contribution < 1.29 is 9.90 Å². The van der Waals surface area contributed by atoms with Crippen LogP contribution in [0.3, 0.4) is 0 Å². The molecule has 1 amide bonds. The van der Waals surface area contributed by atoms with Gasteiger partial charge in [-0.1, -0.05) is 37.5 Å². The number of amides is 1. The number of benzene rings is 1. The van der Waals surface area contributed by atoms with Gasteiger partial charge in [0.1, 0.15) is 0 Å². The summed E-state index contributed by atoms with van der Waals surface area (Å²) in [5, 5.41) is 12.8. The van der Waals surface area contributed by atoms with Crippen molar-refractivity contribution in [2.24, 2.45) is 5.41 Å². The lowest BCUT2D eigenvalue weighted by atomic mass is 9.74. The quantitative estimate of drug-likeness (QED) is 0.899. The molecule has 0 radical (unpaired) electrons. The number of thioether (sulfide) groups is 1. The summed E-state index contributed by atoms with van der Waals surface area (Å²) < 4.78 is 0. The van der Waals surface area contributed by atoms with E-state index in [0.29, 0.717) is 6.54 Å². The van der Waals surface area contributed by atoms with Crippen LogP contribution in [0.15, 0.2) is 29.2 Å². The van der Waals surface area contributed by atoms with Gasteiger partial charge < -0.3 is 10.4 Å². The van der Waals surface area contributed by atoms with Crippen LogP contribution >= 0.6 is 11.8 Å². The molecule has 2 N–H and O–H groups in total. The molecule has 1 aromatic rings. The summed E-state index contributed by atoms with van der Waals surface area (Å²) in [6.07, 6.45) is 5.64. The highest BCUT2D eigenvalue weighted by Gasteiger charge is 2.34. The van der Waals surface area contributed by atoms with Crippen LogP contribution in [-0.2, 0) is 4.79 Å². The normalized spacial score (nSPS) is 23.6. The molecule has 0 spiro atoms. The van der Waals surface area contributed by atoms with Crippen molar-refractivity contribution >= 4 is 17.7 Å². The lowest BCUT2D eigenvalue weighted by molar-refractivity contribution is -0.122. The lowest BCUT2D eigenvalue weighted by Crippen LogP contribution is -2.43. The predicted octanol–water partition coefficient (Wildman–Crippen LogP) is 2.93. The molecule has 1 heterocycles. The number of aliphatic hydroxyl groups is 1. The molecule has 3 nitrogen and oxygen atoms in total. The number of fused-ring (bicyclic) bond motifs is 1. The van der Waals surface area contributed by atoms with E-state index in [1.807, 2.05) is 12.1 Å². The van der Waals surface area contributed by atoms with Crippen molar-refractivity contribution in [1.29, 1.82) is 0 Å². The number of aliphatic hydroxyl groups excluding tert-OH is 1. The first kappa shape index (κ1) is 14.9. The molecule has 1 unspecified atom stereocenters. The number of nitrogens with one attached hydrogen (secondary N) is 1. The molecule has 0 aromatic heterocycles. The Hall–Kier alpha value is -1.00. The van der Waals surface area contributed by atoms with Gasteiger partial charge in [0.2, 0.25) is 5.91 Å². The van der Waals surface area contributed by atoms with Crippen molar-refractivity contribution in [1.82, 2.24) is 5.32 Å². The van der Waals surface area contributed by atoms with Crippen LogP contribution < -0.4 is 5.32 Å². The average molecular weight is 305 g/mol. The van der Waals surface area contributed by atoms with Crippen LogP contribution in [0.25, 0.3) is 0 Å². The Balaban J connectivity index is 1.62. The summed E-state index contributed by atoms with van der Waals surface area (Å²) in [4.78, 5) is 13.7. The van der Waals surface area contributed by atoms with Gasteiger partial charge in [0.15, 0.2) is 0 Å². The number of rotatable bonds is 4. The fraction of sp³-hybridized carbons (Fsp3) is 0.588. The minimum Gasteiger partial charge on any atom is -0.396 e. The molecule has 3 rings (SSSR count). The second-order valence-corrected chi connectivity index (χ2v) is 7.40. The summed E-state index contributed by atoms with van der Waals surface area (Å²) in [7, 11) is 0. The Labute approximate surface area is 130 Å². The smallest absolute Gasteiger partial charge is 0.228 e. The largest absolute Gasteiger partial charge is 0.396 e. The van der Waals surface area contributed by atoms with Crippen LogP contribution in [0.5, 0.6) is 0 Å². The summed E-state index contributed by atoms with van der Waals surface area (Å²) in [6, 6.07) is 8.17. The maximum atomic E-state index is 12.5. The summed E-state index contributed by atoms with van der Waals surface area (Å²) >= 11 is 1.76. The molecule has 1 aromatic carbocycles. The maximum absolute atomic E-state index is 12.5. The third-order valence-electron chi connectivity index (χ3n) is 4.90. The molecule has 1 fully saturated rings. The fourth-order valence-corrected chi connectivity index (χ4v) is 4.70. The zero-order valence-electron chi connectivity index (χ0n) is 12.3. The molecule has 0 bridgehead atoms. The van der Waals surface area contributed by atoms with Crippen LogP contribution in [0, 0.1) is 5.41 Å². The molecule has 1 saturated carbocycles. The lowest BCUT2D eigenvalue weighted by Gasteiger charge is -2.36. The second kappa shape index (κ2) is 6.41. The zero-order chi connectivity index (χ0) is 14.7. The predicted molar refractivity (Wildman–Crippen MR) is 85.5 cm³/mol. The highest BCUT2D eigenvalue weighted by Crippen LogP contribution is 2.40. The second-order valence-electron chi connectivity index (χ2n) is 6.34. The Bertz CT molecular complexity index is 511. The highest BCUT2D eigenvalue weighted by molar-refractivity contribution is 7.99. The molecule has 1 aliphatic heterocycles. The van der Waals surface area contributed by atoms with Gasteiger partial charge in [-0.25, -0.2) is 0 Å². The zero-order valence-corrected chi connectivity index (χ0v) is 13.1. The van der Waals surface area contributed by atoms with Crippen molar-refractivity contribution in [3.05, 3.63) is 29.8 Å². The maximum Gasteiger partial charge on any atom is 0.228 e. The third kappa shape index (κ3) is 3.11. The van der Waals surface area contributed by atoms with Gasteiger partial charge >= 0.3 is 0 Å². The standard InChI is InChI=1S/C17H23NO2S/c19-12-17(8-4-1-5-9-17)11-18-16(20)14-10-21-15-7-3-2-6-13(14)15/h2-3,6-7,14,19H,1,4-5,8-12H2,(H,18,20). The number of carbonyl (C=O) groups is 1. The molecular weight excluding hydrogens is 282 g/mol. The van der Waals surface area contributed by atoms with E-state index in [1.165, 1.54) is 24.2 Å². The van der Waals surface area contributed by atoms with E-state index in [9.17, 15) is 9.90 Å². The van der Waals surface area contributed by atoms with Crippen molar-refractivity contribution in [3.8, 4) is 0 Å². The van der Waals surface area contributed by atoms with Gasteiger partial charge in [-0.2, -0.15) is 0 Å². The first-order chi connectivity index (χ1) is 10.2. The van der Waals surface area contributed by atoms with Crippen LogP contribution in [0.4, 0.5) is 0 Å². The summed E-state index contributed by atoms with van der Waals surface area (Å²) in [5.74, 6) is 0.911. The molecule has 114 valence electrons. The van der Waals surface area contributed by atoms with E-state index in [0.717, 1.165) is 24.2 Å². The van der Waals surface area contributed by atoms with Gasteiger partial charge in [-0.3, -0.25) is 4.79 Å².